The highest BCUT2D eigenvalue weighted by atomic mass is 79.9. The van der Waals surface area contributed by atoms with E-state index in [0.29, 0.717) is 34.7 Å². The lowest BCUT2D eigenvalue weighted by Gasteiger charge is -2.27. The molecule has 6 aliphatic rings. The van der Waals surface area contributed by atoms with Gasteiger partial charge in [0, 0.05) is 100 Å². The number of thioether (sulfide) groups is 3. The summed E-state index contributed by atoms with van der Waals surface area (Å²) in [6.45, 7) is 5.87. The third kappa shape index (κ3) is 12.0. The van der Waals surface area contributed by atoms with Crippen LogP contribution >= 0.6 is 118 Å². The number of pyridine rings is 3. The molecule has 99 heavy (non-hydrogen) atoms. The summed E-state index contributed by atoms with van der Waals surface area (Å²) in [6.07, 6.45) is 10.2. The van der Waals surface area contributed by atoms with Gasteiger partial charge in [0.1, 0.15) is 69.7 Å². The Labute approximate surface area is 622 Å². The van der Waals surface area contributed by atoms with Gasteiger partial charge in [0.15, 0.2) is 0 Å². The second-order valence-electron chi connectivity index (χ2n) is 27.6. The molecule has 15 atom stereocenters. The predicted molar refractivity (Wildman–Crippen MR) is 404 cm³/mol. The number of nitrogens with zero attached hydrogens (tertiary/aromatic N) is 12. The standard InChI is InChI=1S/3C24H22BrClN4O2S/c3*1-12-15-4-5-30(23(15)28-11-27-12)18-8-24(21(32)20(18)31)9-19(33-10-24)14-3-2-13-6-16(25)22(26)29-17(13)7-14/h3*2-7,11,18-21,31-32H,8-10H2,1H3/t18-,19+,20+,21+,24-;2*18-,19-,20+,21+,24-/m111/s1. The quantitative estimate of drug-likeness (QED) is 0.0846. The molecule has 18 rings (SSSR count). The molecular formula is C72H66Br3Cl3N12O6S3. The van der Waals surface area contributed by atoms with Crippen LogP contribution in [0.1, 0.15) is 106 Å². The van der Waals surface area contributed by atoms with Gasteiger partial charge in [-0.3, -0.25) is 0 Å². The third-order valence-electron chi connectivity index (χ3n) is 21.9. The average Bonchev–Trinajstić information content (AvgIpc) is 1.69. The molecule has 3 saturated carbocycles. The van der Waals surface area contributed by atoms with Gasteiger partial charge in [-0.1, -0.05) is 71.2 Å². The molecule has 12 heterocycles. The van der Waals surface area contributed by atoms with Gasteiger partial charge in [-0.2, -0.15) is 35.3 Å². The molecule has 510 valence electrons. The van der Waals surface area contributed by atoms with Gasteiger partial charge in [0.2, 0.25) is 0 Å². The number of aliphatic hydroxyl groups is 6. The van der Waals surface area contributed by atoms with Crippen molar-refractivity contribution in [3.05, 3.63) is 191 Å². The fourth-order valence-electron chi connectivity index (χ4n) is 16.5. The van der Waals surface area contributed by atoms with Crippen LogP contribution in [0.15, 0.2) is 142 Å². The molecule has 27 heteroatoms. The summed E-state index contributed by atoms with van der Waals surface area (Å²) >= 11 is 34.5. The van der Waals surface area contributed by atoms with Gasteiger partial charge in [-0.15, -0.1) is 0 Å². The van der Waals surface area contributed by atoms with Crippen molar-refractivity contribution in [2.75, 3.05) is 17.3 Å². The van der Waals surface area contributed by atoms with Crippen molar-refractivity contribution in [2.45, 2.75) is 130 Å². The van der Waals surface area contributed by atoms with Crippen LogP contribution < -0.4 is 0 Å². The largest absolute Gasteiger partial charge is 0.390 e. The zero-order chi connectivity index (χ0) is 68.7. The number of rotatable bonds is 6. The molecule has 3 aromatic carbocycles. The van der Waals surface area contributed by atoms with Crippen LogP contribution in [0.2, 0.25) is 15.5 Å². The van der Waals surface area contributed by atoms with Gasteiger partial charge in [0.05, 0.1) is 83.5 Å². The summed E-state index contributed by atoms with van der Waals surface area (Å²) < 4.78 is 8.40. The molecule has 6 fully saturated rings. The first-order valence-corrected chi connectivity index (χ1v) is 39.3. The van der Waals surface area contributed by atoms with E-state index in [1.54, 1.807) is 19.0 Å². The highest BCUT2D eigenvalue weighted by molar-refractivity contribution is 9.11. The van der Waals surface area contributed by atoms with Crippen molar-refractivity contribution in [1.29, 1.82) is 0 Å². The molecule has 3 aliphatic carbocycles. The van der Waals surface area contributed by atoms with Crippen LogP contribution in [-0.2, 0) is 0 Å². The van der Waals surface area contributed by atoms with Crippen LogP contribution in [0.3, 0.4) is 0 Å². The topological polar surface area (TPSA) is 252 Å². The molecule has 18 nitrogen and oxygen atoms in total. The van der Waals surface area contributed by atoms with E-state index in [0.717, 1.165) is 133 Å². The van der Waals surface area contributed by atoms with Crippen molar-refractivity contribution >= 4 is 184 Å². The minimum atomic E-state index is -0.843. The lowest BCUT2D eigenvalue weighted by atomic mass is 9.80. The Kier molecular flexibility index (Phi) is 18.3. The van der Waals surface area contributed by atoms with Crippen molar-refractivity contribution in [1.82, 2.24) is 58.6 Å². The molecule has 0 radical (unpaired) electrons. The van der Waals surface area contributed by atoms with Gasteiger partial charge >= 0.3 is 0 Å². The van der Waals surface area contributed by atoms with Crippen molar-refractivity contribution in [3.63, 3.8) is 0 Å². The maximum absolute atomic E-state index is 11.2. The number of aryl methyl sites for hydroxylation is 3. The number of fused-ring (bicyclic) bond motifs is 6. The number of hydrogen-bond donors (Lipinski definition) is 6. The second-order valence-corrected chi connectivity index (χ2v) is 34.8. The molecule has 3 spiro atoms. The van der Waals surface area contributed by atoms with Crippen LogP contribution in [0, 0.1) is 37.0 Å². The van der Waals surface area contributed by atoms with E-state index in [9.17, 15) is 30.6 Å². The molecule has 3 aliphatic heterocycles. The van der Waals surface area contributed by atoms with Crippen molar-refractivity contribution in [3.8, 4) is 0 Å². The zero-order valence-electron chi connectivity index (χ0n) is 53.5. The van der Waals surface area contributed by atoms with Crippen molar-refractivity contribution in [2.24, 2.45) is 16.2 Å². The van der Waals surface area contributed by atoms with E-state index in [1.165, 1.54) is 16.7 Å². The Morgan fingerprint density at radius 1 is 0.394 bits per heavy atom. The Hall–Kier alpha value is -5.13. The van der Waals surface area contributed by atoms with Gasteiger partial charge in [0.25, 0.3) is 0 Å². The van der Waals surface area contributed by atoms with E-state index in [4.69, 9.17) is 34.8 Å². The first-order chi connectivity index (χ1) is 47.6. The summed E-state index contributed by atoms with van der Waals surface area (Å²) in [5.41, 5.74) is 10.2. The van der Waals surface area contributed by atoms with Crippen LogP contribution in [0.4, 0.5) is 0 Å². The molecule has 6 N–H and O–H groups in total. The Morgan fingerprint density at radius 2 is 0.677 bits per heavy atom. The molecule has 0 unspecified atom stereocenters. The van der Waals surface area contributed by atoms with Crippen molar-refractivity contribution < 1.29 is 30.6 Å². The van der Waals surface area contributed by atoms with E-state index in [1.807, 2.05) is 125 Å². The Morgan fingerprint density at radius 3 is 0.960 bits per heavy atom. The number of halogens is 6. The van der Waals surface area contributed by atoms with E-state index >= 15 is 0 Å². The number of hydrogen-bond acceptors (Lipinski definition) is 18. The first kappa shape index (κ1) is 68.3. The summed E-state index contributed by atoms with van der Waals surface area (Å²) in [4.78, 5) is 39.7. The minimum absolute atomic E-state index is 0.222. The average molecular weight is 1640 g/mol. The highest BCUT2D eigenvalue weighted by Gasteiger charge is 2.59. The molecule has 3 saturated heterocycles. The highest BCUT2D eigenvalue weighted by Crippen LogP contribution is 2.63. The van der Waals surface area contributed by atoms with E-state index < -0.39 is 36.6 Å². The fraction of sp³-hybridized carbons (Fsp3) is 0.375. The molecule has 12 aromatic rings. The lowest BCUT2D eigenvalue weighted by molar-refractivity contribution is -0.0204. The smallest absolute Gasteiger partial charge is 0.143 e. The number of benzene rings is 3. The Bertz CT molecular complexity index is 4700. The summed E-state index contributed by atoms with van der Waals surface area (Å²) in [6, 6.07) is 30.1. The SMILES string of the molecule is Cc1ncnc2c1ccn2[C@@H]1C[C@@]2(CS[C@@H](c3ccc4cc(Br)c(Cl)nc4c3)C2)[C@@H](O)[C@H]1O.Cc1ncnc2c1ccn2[C@@H]1C[C@@]2(CS[C@@H](c3ccc4cc(Br)c(Cl)nc4c3)C2)[C@@H](O)[C@H]1O.Cc1ncnc2c1ccn2[C@@H]1C[C@@]2(CS[C@H](c3ccc4cc(Br)c(Cl)nc4c3)C2)[C@@H](O)[C@H]1O. The fourth-order valence-corrected chi connectivity index (χ4v) is 23.2. The maximum Gasteiger partial charge on any atom is 0.143 e. The monoisotopic (exact) mass is 1630 g/mol. The molecular weight excluding hydrogens is 1570 g/mol. The summed E-state index contributed by atoms with van der Waals surface area (Å²) in [7, 11) is 0. The second kappa shape index (κ2) is 26.5. The number of aromatic nitrogens is 12. The Balaban J connectivity index is 0.000000116. The van der Waals surface area contributed by atoms with Gasteiger partial charge < -0.3 is 44.3 Å². The first-order valence-electron chi connectivity index (χ1n) is 32.6. The summed E-state index contributed by atoms with van der Waals surface area (Å²) in [5, 5.41) is 74.9. The van der Waals surface area contributed by atoms with Gasteiger partial charge in [-0.25, -0.2) is 44.9 Å². The normalized spacial score (nSPS) is 29.6. The van der Waals surface area contributed by atoms with Crippen LogP contribution in [0.25, 0.3) is 65.8 Å². The molecule has 9 aromatic heterocycles. The molecule has 0 amide bonds. The number of aliphatic hydroxyl groups excluding tert-OH is 6. The van der Waals surface area contributed by atoms with E-state index in [-0.39, 0.29) is 50.1 Å². The lowest BCUT2D eigenvalue weighted by Crippen LogP contribution is -2.36. The van der Waals surface area contributed by atoms with Crippen LogP contribution in [0.5, 0.6) is 0 Å². The maximum atomic E-state index is 11.2. The van der Waals surface area contributed by atoms with Gasteiger partial charge in [-0.05, 0) is 178 Å². The third-order valence-corrected chi connectivity index (χ3v) is 30.1. The van der Waals surface area contributed by atoms with Crippen LogP contribution in [-0.4, -0.2) is 143 Å². The summed E-state index contributed by atoms with van der Waals surface area (Å²) in [5.74, 6) is 2.39. The molecule has 0 bridgehead atoms. The minimum Gasteiger partial charge on any atom is -0.390 e. The predicted octanol–water partition coefficient (Wildman–Crippen LogP) is 15.7. The zero-order valence-corrected chi connectivity index (χ0v) is 62.9. The van der Waals surface area contributed by atoms with E-state index in [2.05, 4.69) is 147 Å².